The number of allylic oxidation sites excluding steroid dienone is 7. The number of rotatable bonds is 2. The molecule has 0 saturated carbocycles. The molecule has 2 nitrogen and oxygen atoms in total. The largest absolute Gasteiger partial charge is 0.297 e. The lowest BCUT2D eigenvalue weighted by atomic mass is 9.69. The Morgan fingerprint density at radius 2 is 1.50 bits per heavy atom. The molecule has 2 unspecified atom stereocenters. The van der Waals surface area contributed by atoms with Crippen LogP contribution in [-0.4, -0.2) is 10.4 Å². The highest BCUT2D eigenvalue weighted by atomic mass is 15.1. The number of para-hydroxylation sites is 1. The van der Waals surface area contributed by atoms with Crippen LogP contribution in [0.3, 0.4) is 0 Å². The first-order valence-corrected chi connectivity index (χ1v) is 19.3. The van der Waals surface area contributed by atoms with Crippen LogP contribution in [0.25, 0.3) is 38.9 Å². The molecular formula is C50H44N2. The molecule has 0 fully saturated rings. The molecular weight excluding hydrogens is 629 g/mol. The summed E-state index contributed by atoms with van der Waals surface area (Å²) >= 11 is 0. The van der Waals surface area contributed by atoms with E-state index in [9.17, 15) is 0 Å². The Bertz CT molecular complexity index is 2570. The van der Waals surface area contributed by atoms with Gasteiger partial charge in [-0.15, -0.1) is 0 Å². The second-order valence-corrected chi connectivity index (χ2v) is 15.2. The van der Waals surface area contributed by atoms with E-state index in [2.05, 4.69) is 152 Å². The molecule has 0 spiro atoms. The van der Waals surface area contributed by atoms with Crippen LogP contribution in [0, 0.1) is 6.92 Å². The quantitative estimate of drug-likeness (QED) is 0.174. The fourth-order valence-corrected chi connectivity index (χ4v) is 9.76. The van der Waals surface area contributed by atoms with Crippen LogP contribution in [0.15, 0.2) is 138 Å². The molecule has 2 atom stereocenters. The molecule has 0 saturated heterocycles. The topological polar surface area (TPSA) is 17.3 Å². The molecule has 4 aliphatic rings. The number of fused-ring (bicyclic) bond motifs is 8. The summed E-state index contributed by atoms with van der Waals surface area (Å²) in [5, 5.41) is 3.80. The van der Waals surface area contributed by atoms with Crippen LogP contribution in [-0.2, 0) is 12.8 Å². The Hall–Kier alpha value is -5.47. The van der Waals surface area contributed by atoms with Gasteiger partial charge in [0.05, 0.1) is 11.2 Å². The average molecular weight is 673 g/mol. The van der Waals surface area contributed by atoms with Crippen molar-refractivity contribution in [2.24, 2.45) is 4.99 Å². The smallest absolute Gasteiger partial charge is 0.145 e. The Morgan fingerprint density at radius 3 is 2.40 bits per heavy atom. The molecule has 6 aromatic rings. The highest BCUT2D eigenvalue weighted by Crippen LogP contribution is 2.54. The average Bonchev–Trinajstić information content (AvgIpc) is 3.32. The van der Waals surface area contributed by atoms with Crippen molar-refractivity contribution in [2.45, 2.75) is 70.6 Å². The molecule has 0 radical (unpaired) electrons. The number of aryl methyl sites for hydroxylation is 3. The normalized spacial score (nSPS) is 21.6. The van der Waals surface area contributed by atoms with Gasteiger partial charge in [-0.2, -0.15) is 0 Å². The fourth-order valence-electron chi connectivity index (χ4n) is 9.76. The molecule has 10 rings (SSSR count). The molecule has 1 aromatic heterocycles. The summed E-state index contributed by atoms with van der Waals surface area (Å²) in [5.74, 6) is 1.51. The van der Waals surface area contributed by atoms with Crippen LogP contribution in [0.4, 0.5) is 5.69 Å². The summed E-state index contributed by atoms with van der Waals surface area (Å²) in [6.07, 6.45) is 19.6. The van der Waals surface area contributed by atoms with Crippen LogP contribution in [0.5, 0.6) is 0 Å². The number of aromatic nitrogens is 1. The Balaban J connectivity index is 1.31. The summed E-state index contributed by atoms with van der Waals surface area (Å²) < 4.78 is 2.60. The standard InChI is InChI=1S/C50H44N2/c1-32-30-37-19-9-10-20-38(37)31-44(32)46-33(2)49-47(42-24-8-4-7-23-41(42)46)43-25-13-14-27-45(43)52(49)50-40(34-16-5-3-6-17-34)26-15-21-36-29-28-35-18-11-12-22-39(35)48(36)51-50/h3,5-7,9,11-14,16-19,22-23,25-31,33,46H,4,8,10,15,20-21,24H2,1-2H3/b40-26-,51-50+. The van der Waals surface area contributed by atoms with Crippen molar-refractivity contribution in [2.75, 3.05) is 0 Å². The zero-order valence-corrected chi connectivity index (χ0v) is 30.2. The van der Waals surface area contributed by atoms with E-state index in [1.165, 1.54) is 89.5 Å². The lowest BCUT2D eigenvalue weighted by Crippen LogP contribution is -2.25. The van der Waals surface area contributed by atoms with E-state index in [1.807, 2.05) is 0 Å². The maximum atomic E-state index is 5.89. The van der Waals surface area contributed by atoms with Gasteiger partial charge in [0, 0.05) is 39.4 Å². The van der Waals surface area contributed by atoms with Crippen LogP contribution < -0.4 is 0 Å². The third-order valence-corrected chi connectivity index (χ3v) is 12.2. The Kier molecular flexibility index (Phi) is 7.60. The minimum absolute atomic E-state index is 0.219. The molecule has 5 aromatic carbocycles. The van der Waals surface area contributed by atoms with Crippen molar-refractivity contribution in [3.63, 3.8) is 0 Å². The van der Waals surface area contributed by atoms with Gasteiger partial charge >= 0.3 is 0 Å². The molecule has 0 N–H and O–H groups in total. The van der Waals surface area contributed by atoms with Gasteiger partial charge in [0.15, 0.2) is 0 Å². The van der Waals surface area contributed by atoms with E-state index in [4.69, 9.17) is 4.99 Å². The van der Waals surface area contributed by atoms with Gasteiger partial charge in [-0.05, 0) is 108 Å². The van der Waals surface area contributed by atoms with Crippen molar-refractivity contribution < 1.29 is 0 Å². The summed E-state index contributed by atoms with van der Waals surface area (Å²) in [6.45, 7) is 4.84. The Morgan fingerprint density at radius 1 is 0.712 bits per heavy atom. The number of nitrogens with zero attached hydrogens (tertiary/aromatic N) is 2. The van der Waals surface area contributed by atoms with Gasteiger partial charge in [-0.3, -0.25) is 4.57 Å². The molecule has 1 aliphatic heterocycles. The summed E-state index contributed by atoms with van der Waals surface area (Å²) in [4.78, 5) is 5.89. The number of benzene rings is 5. The first-order valence-electron chi connectivity index (χ1n) is 19.3. The molecule has 2 heterocycles. The third-order valence-electron chi connectivity index (χ3n) is 12.2. The predicted octanol–water partition coefficient (Wildman–Crippen LogP) is 13.1. The van der Waals surface area contributed by atoms with E-state index in [-0.39, 0.29) is 11.8 Å². The van der Waals surface area contributed by atoms with Crippen molar-refractivity contribution in [3.8, 4) is 0 Å². The lowest BCUT2D eigenvalue weighted by molar-refractivity contribution is 0.618. The van der Waals surface area contributed by atoms with Gasteiger partial charge in [0.25, 0.3) is 0 Å². The van der Waals surface area contributed by atoms with Gasteiger partial charge in [0.1, 0.15) is 5.84 Å². The van der Waals surface area contributed by atoms with E-state index in [0.717, 1.165) is 50.0 Å². The van der Waals surface area contributed by atoms with Crippen molar-refractivity contribution in [1.82, 2.24) is 4.57 Å². The molecule has 0 bridgehead atoms. The third kappa shape index (κ3) is 4.95. The van der Waals surface area contributed by atoms with E-state index in [1.54, 1.807) is 0 Å². The minimum Gasteiger partial charge on any atom is -0.297 e. The van der Waals surface area contributed by atoms with E-state index in [0.29, 0.717) is 0 Å². The van der Waals surface area contributed by atoms with Crippen molar-refractivity contribution in [3.05, 3.63) is 178 Å². The lowest BCUT2D eigenvalue weighted by Gasteiger charge is -2.36. The number of hydrogen-bond acceptors (Lipinski definition) is 1. The van der Waals surface area contributed by atoms with Crippen molar-refractivity contribution >= 4 is 50.4 Å². The van der Waals surface area contributed by atoms with Crippen LogP contribution >= 0.6 is 0 Å². The van der Waals surface area contributed by atoms with Crippen molar-refractivity contribution in [1.29, 1.82) is 0 Å². The van der Waals surface area contributed by atoms with Crippen LogP contribution in [0.2, 0.25) is 0 Å². The molecule has 0 amide bonds. The predicted molar refractivity (Wildman–Crippen MR) is 221 cm³/mol. The highest BCUT2D eigenvalue weighted by molar-refractivity contribution is 6.27. The first kappa shape index (κ1) is 31.3. The van der Waals surface area contributed by atoms with Gasteiger partial charge in [0.2, 0.25) is 0 Å². The fraction of sp³-hybridized carbons (Fsp3) is 0.220. The second kappa shape index (κ2) is 12.6. The molecule has 2 heteroatoms. The summed E-state index contributed by atoms with van der Waals surface area (Å²) in [5.41, 5.74) is 17.7. The monoisotopic (exact) mass is 672 g/mol. The van der Waals surface area contributed by atoms with Crippen LogP contribution in [0.1, 0.15) is 95.5 Å². The Labute approximate surface area is 307 Å². The number of aliphatic imine (C=N–C) groups is 1. The van der Waals surface area contributed by atoms with E-state index < -0.39 is 0 Å². The minimum atomic E-state index is 0.219. The molecule has 254 valence electrons. The molecule has 52 heavy (non-hydrogen) atoms. The maximum absolute atomic E-state index is 5.89. The first-order chi connectivity index (χ1) is 25.7. The summed E-state index contributed by atoms with van der Waals surface area (Å²) in [7, 11) is 0. The number of hydrogen-bond donors (Lipinski definition) is 0. The SMILES string of the molecule is Cc1cc2c(cc1C1C3=C(CCCC=C3)c3c(n(C4=N/c5c(ccc6ccccc56)CC/C=C\4c4ccccc4)c4ccccc34)C1C)CCC=C2. The maximum Gasteiger partial charge on any atom is 0.145 e. The highest BCUT2D eigenvalue weighted by Gasteiger charge is 2.39. The molecule has 3 aliphatic carbocycles. The van der Waals surface area contributed by atoms with Gasteiger partial charge < -0.3 is 0 Å². The zero-order chi connectivity index (χ0) is 34.8. The van der Waals surface area contributed by atoms with Gasteiger partial charge in [-0.25, -0.2) is 4.99 Å². The summed E-state index contributed by atoms with van der Waals surface area (Å²) in [6, 6.07) is 38.5. The van der Waals surface area contributed by atoms with E-state index >= 15 is 0 Å². The second-order valence-electron chi connectivity index (χ2n) is 15.2. The zero-order valence-electron chi connectivity index (χ0n) is 30.2. The van der Waals surface area contributed by atoms with Gasteiger partial charge in [-0.1, -0.05) is 134 Å².